The normalized spacial score (nSPS) is 19.8. The lowest BCUT2D eigenvalue weighted by Gasteiger charge is -2.27. The molecule has 0 radical (unpaired) electrons. The number of hydrogen-bond donors (Lipinski definition) is 2. The minimum absolute atomic E-state index is 0.418. The van der Waals surface area contributed by atoms with Gasteiger partial charge in [-0.1, -0.05) is 19.9 Å². The van der Waals surface area contributed by atoms with Crippen LogP contribution in [0.5, 0.6) is 5.75 Å². The summed E-state index contributed by atoms with van der Waals surface area (Å²) in [6, 6.07) is 6.80. The number of benzene rings is 1. The van der Waals surface area contributed by atoms with Gasteiger partial charge in [0.25, 0.3) is 0 Å². The third kappa shape index (κ3) is 2.42. The number of anilines is 1. The van der Waals surface area contributed by atoms with Gasteiger partial charge in [-0.05, 0) is 18.1 Å². The number of fused-ring (bicyclic) bond motifs is 1. The van der Waals surface area contributed by atoms with Crippen molar-refractivity contribution in [2.75, 3.05) is 12.3 Å². The highest BCUT2D eigenvalue weighted by Crippen LogP contribution is 2.26. The van der Waals surface area contributed by atoms with Gasteiger partial charge in [-0.25, -0.2) is 0 Å². The fourth-order valence-corrected chi connectivity index (χ4v) is 1.97. The van der Waals surface area contributed by atoms with E-state index in [0.717, 1.165) is 24.5 Å². The molecule has 2 rings (SSSR count). The van der Waals surface area contributed by atoms with Crippen molar-refractivity contribution in [3.63, 3.8) is 0 Å². The number of hydrogen-bond acceptors (Lipinski definition) is 3. The second kappa shape index (κ2) is 4.11. The molecule has 3 heteroatoms. The molecule has 1 unspecified atom stereocenters. The third-order valence-corrected chi connectivity index (χ3v) is 2.57. The Hall–Kier alpha value is -1.22. The number of rotatable bonds is 2. The molecule has 1 aliphatic heterocycles. The van der Waals surface area contributed by atoms with Gasteiger partial charge in [0.1, 0.15) is 12.4 Å². The van der Waals surface area contributed by atoms with Gasteiger partial charge in [0.15, 0.2) is 0 Å². The van der Waals surface area contributed by atoms with Crippen molar-refractivity contribution >= 4 is 5.69 Å². The summed E-state index contributed by atoms with van der Waals surface area (Å²) >= 11 is 0. The van der Waals surface area contributed by atoms with Crippen LogP contribution >= 0.6 is 0 Å². The van der Waals surface area contributed by atoms with Crippen molar-refractivity contribution in [2.45, 2.75) is 32.4 Å². The van der Waals surface area contributed by atoms with Gasteiger partial charge < -0.3 is 15.8 Å². The van der Waals surface area contributed by atoms with E-state index in [1.807, 2.05) is 12.1 Å². The standard InChI is InChI=1S/C12H18N2O/c1-8(2)14-11-5-9-3-4-10(13)6-12(9)15-7-11/h3-4,6,8,11,14H,5,7,13H2,1-2H3. The van der Waals surface area contributed by atoms with E-state index in [1.54, 1.807) is 0 Å². The van der Waals surface area contributed by atoms with Crippen molar-refractivity contribution in [3.8, 4) is 5.75 Å². The summed E-state index contributed by atoms with van der Waals surface area (Å²) in [6.45, 7) is 5.03. The molecule has 0 amide bonds. The Morgan fingerprint density at radius 1 is 1.47 bits per heavy atom. The molecule has 15 heavy (non-hydrogen) atoms. The molecular weight excluding hydrogens is 188 g/mol. The molecule has 0 fully saturated rings. The molecule has 0 bridgehead atoms. The molecule has 82 valence electrons. The third-order valence-electron chi connectivity index (χ3n) is 2.57. The predicted molar refractivity (Wildman–Crippen MR) is 62.1 cm³/mol. The number of nitrogen functional groups attached to an aromatic ring is 1. The molecule has 0 saturated heterocycles. The predicted octanol–water partition coefficient (Wildman–Crippen LogP) is 1.57. The molecule has 1 aromatic carbocycles. The molecule has 1 heterocycles. The molecule has 1 aromatic rings. The largest absolute Gasteiger partial charge is 0.492 e. The average Bonchev–Trinajstić information content (AvgIpc) is 2.17. The van der Waals surface area contributed by atoms with Crippen LogP contribution in [0.3, 0.4) is 0 Å². The van der Waals surface area contributed by atoms with Crippen LogP contribution in [0.25, 0.3) is 0 Å². The molecule has 0 aliphatic carbocycles. The maximum Gasteiger partial charge on any atom is 0.124 e. The van der Waals surface area contributed by atoms with E-state index in [1.165, 1.54) is 5.56 Å². The molecule has 3 N–H and O–H groups in total. The smallest absolute Gasteiger partial charge is 0.124 e. The summed E-state index contributed by atoms with van der Waals surface area (Å²) in [6.07, 6.45) is 1.02. The maximum absolute atomic E-state index is 5.70. The molecule has 0 spiro atoms. The second-order valence-corrected chi connectivity index (χ2v) is 4.40. The summed E-state index contributed by atoms with van der Waals surface area (Å²) in [7, 11) is 0. The topological polar surface area (TPSA) is 47.3 Å². The van der Waals surface area contributed by atoms with Gasteiger partial charge >= 0.3 is 0 Å². The first-order valence-corrected chi connectivity index (χ1v) is 5.42. The summed E-state index contributed by atoms with van der Waals surface area (Å²) in [5, 5.41) is 3.48. The van der Waals surface area contributed by atoms with Crippen molar-refractivity contribution < 1.29 is 4.74 Å². The molecular formula is C12H18N2O. The Labute approximate surface area is 90.6 Å². The van der Waals surface area contributed by atoms with Crippen LogP contribution in [-0.2, 0) is 6.42 Å². The van der Waals surface area contributed by atoms with Crippen molar-refractivity contribution in [1.29, 1.82) is 0 Å². The van der Waals surface area contributed by atoms with E-state index in [4.69, 9.17) is 10.5 Å². The van der Waals surface area contributed by atoms with Gasteiger partial charge in [-0.15, -0.1) is 0 Å². The van der Waals surface area contributed by atoms with Crippen LogP contribution in [0.15, 0.2) is 18.2 Å². The highest BCUT2D eigenvalue weighted by Gasteiger charge is 2.19. The minimum Gasteiger partial charge on any atom is -0.492 e. The van der Waals surface area contributed by atoms with E-state index in [-0.39, 0.29) is 0 Å². The molecule has 1 atom stereocenters. The highest BCUT2D eigenvalue weighted by molar-refractivity contribution is 5.49. The monoisotopic (exact) mass is 206 g/mol. The van der Waals surface area contributed by atoms with Gasteiger partial charge in [0, 0.05) is 23.8 Å². The van der Waals surface area contributed by atoms with Crippen LogP contribution in [0, 0.1) is 0 Å². The van der Waals surface area contributed by atoms with Gasteiger partial charge in [0.05, 0.1) is 0 Å². The first kappa shape index (κ1) is 10.3. The van der Waals surface area contributed by atoms with E-state index < -0.39 is 0 Å². The van der Waals surface area contributed by atoms with Crippen molar-refractivity contribution in [3.05, 3.63) is 23.8 Å². The summed E-state index contributed by atoms with van der Waals surface area (Å²) in [5.41, 5.74) is 7.71. The Bertz CT molecular complexity index is 349. The fourth-order valence-electron chi connectivity index (χ4n) is 1.97. The zero-order valence-electron chi connectivity index (χ0n) is 9.29. The minimum atomic E-state index is 0.418. The number of nitrogens with two attached hydrogens (primary N) is 1. The van der Waals surface area contributed by atoms with Crippen LogP contribution in [0.1, 0.15) is 19.4 Å². The van der Waals surface area contributed by atoms with Gasteiger partial charge in [-0.2, -0.15) is 0 Å². The lowest BCUT2D eigenvalue weighted by Crippen LogP contribution is -2.42. The van der Waals surface area contributed by atoms with E-state index in [0.29, 0.717) is 12.1 Å². The second-order valence-electron chi connectivity index (χ2n) is 4.40. The number of nitrogens with one attached hydrogen (secondary N) is 1. The summed E-state index contributed by atoms with van der Waals surface area (Å²) in [4.78, 5) is 0. The summed E-state index contributed by atoms with van der Waals surface area (Å²) in [5.74, 6) is 0.941. The molecule has 1 aliphatic rings. The number of ether oxygens (including phenoxy) is 1. The Kier molecular flexibility index (Phi) is 2.82. The zero-order valence-corrected chi connectivity index (χ0v) is 9.29. The SMILES string of the molecule is CC(C)NC1COc2cc(N)ccc2C1. The molecule has 0 saturated carbocycles. The van der Waals surface area contributed by atoms with Crippen molar-refractivity contribution in [1.82, 2.24) is 5.32 Å². The highest BCUT2D eigenvalue weighted by atomic mass is 16.5. The van der Waals surface area contributed by atoms with E-state index in [2.05, 4.69) is 25.2 Å². The van der Waals surface area contributed by atoms with E-state index >= 15 is 0 Å². The summed E-state index contributed by atoms with van der Waals surface area (Å²) < 4.78 is 5.68. The van der Waals surface area contributed by atoms with Gasteiger partial charge in [-0.3, -0.25) is 0 Å². The fraction of sp³-hybridized carbons (Fsp3) is 0.500. The zero-order chi connectivity index (χ0) is 10.8. The lowest BCUT2D eigenvalue weighted by atomic mass is 10.0. The van der Waals surface area contributed by atoms with Crippen LogP contribution in [0.2, 0.25) is 0 Å². The quantitative estimate of drug-likeness (QED) is 0.722. The lowest BCUT2D eigenvalue weighted by molar-refractivity contribution is 0.232. The van der Waals surface area contributed by atoms with Crippen LogP contribution in [-0.4, -0.2) is 18.7 Å². The van der Waals surface area contributed by atoms with Crippen LogP contribution in [0.4, 0.5) is 5.69 Å². The Balaban J connectivity index is 2.10. The molecule has 0 aromatic heterocycles. The van der Waals surface area contributed by atoms with Gasteiger partial charge in [0.2, 0.25) is 0 Å². The first-order valence-electron chi connectivity index (χ1n) is 5.42. The maximum atomic E-state index is 5.70. The van der Waals surface area contributed by atoms with Crippen LogP contribution < -0.4 is 15.8 Å². The van der Waals surface area contributed by atoms with E-state index in [9.17, 15) is 0 Å². The first-order chi connectivity index (χ1) is 7.15. The Morgan fingerprint density at radius 3 is 3.00 bits per heavy atom. The van der Waals surface area contributed by atoms with Crippen molar-refractivity contribution in [2.24, 2.45) is 0 Å². The molecule has 3 nitrogen and oxygen atoms in total. The average molecular weight is 206 g/mol. The Morgan fingerprint density at radius 2 is 2.27 bits per heavy atom.